The molecule has 10 aliphatic rings. The zero-order valence-corrected chi connectivity index (χ0v) is 25.7. The molecule has 4 aromatic carbocycles. The van der Waals surface area contributed by atoms with E-state index in [0.717, 1.165) is 24.3 Å². The molecule has 0 aliphatic carbocycles. The van der Waals surface area contributed by atoms with Crippen molar-refractivity contribution in [3.63, 3.8) is 0 Å². The summed E-state index contributed by atoms with van der Waals surface area (Å²) in [5, 5.41) is 1.75. The van der Waals surface area contributed by atoms with Crippen molar-refractivity contribution in [2.45, 2.75) is 46.6 Å². The number of hydrogen-bond acceptors (Lipinski definition) is 0. The van der Waals surface area contributed by atoms with Gasteiger partial charge in [-0.25, -0.2) is 0 Å². The van der Waals surface area contributed by atoms with Crippen LogP contribution in [0.5, 0.6) is 0 Å². The van der Waals surface area contributed by atoms with Crippen LogP contribution in [0.4, 0.5) is 35.1 Å². The molecule has 10 fully saturated rings. The molecule has 1 spiro atoms. The second-order valence-corrected chi connectivity index (χ2v) is 45.8. The van der Waals surface area contributed by atoms with Crippen molar-refractivity contribution in [1.82, 2.24) is 0 Å². The molecular weight excluding hydrogens is 678 g/mol. The third-order valence-electron chi connectivity index (χ3n) is 19.8. The Morgan fingerprint density at radius 3 is 0.733 bits per heavy atom. The Hall–Kier alpha value is -2.30. The van der Waals surface area contributed by atoms with E-state index in [4.69, 9.17) is 0 Å². The van der Waals surface area contributed by atoms with Crippen molar-refractivity contribution in [2.75, 3.05) is 0 Å². The van der Waals surface area contributed by atoms with Crippen molar-refractivity contribution < 1.29 is 41.6 Å². The summed E-state index contributed by atoms with van der Waals surface area (Å²) in [6, 6.07) is 13.8. The predicted molar refractivity (Wildman–Crippen MR) is 153 cm³/mol. The second-order valence-electron chi connectivity index (χ2n) is 16.9. The third-order valence-corrected chi connectivity index (χ3v) is 76.3. The van der Waals surface area contributed by atoms with Crippen molar-refractivity contribution in [1.29, 1.82) is 0 Å². The number of rotatable bonds is 6. The van der Waals surface area contributed by atoms with Crippen LogP contribution in [0.2, 0.25) is 38.5 Å². The van der Waals surface area contributed by atoms with Crippen LogP contribution >= 0.6 is 15.8 Å². The fraction of sp³-hybridized carbons (Fsp3) is 0.294. The van der Waals surface area contributed by atoms with Crippen LogP contribution in [0.25, 0.3) is 0 Å². The van der Waals surface area contributed by atoms with Crippen LogP contribution in [0.1, 0.15) is 0 Å². The molecular formula is C34H20F8FeP2. The van der Waals surface area contributed by atoms with E-state index in [9.17, 15) is 35.1 Å². The van der Waals surface area contributed by atoms with Crippen LogP contribution in [0, 0.1) is 46.5 Å². The number of fused-ring (bicyclic) bond motifs is 10. The van der Waals surface area contributed by atoms with Gasteiger partial charge < -0.3 is 0 Å². The Balaban J connectivity index is 1.09. The minimum absolute atomic E-state index is 0.289. The molecule has 0 aromatic heterocycles. The van der Waals surface area contributed by atoms with Crippen molar-refractivity contribution in [3.8, 4) is 0 Å². The summed E-state index contributed by atoms with van der Waals surface area (Å²) in [4.78, 5) is 3.42. The molecule has 10 saturated heterocycles. The van der Waals surface area contributed by atoms with E-state index in [1.807, 2.05) is 0 Å². The maximum atomic E-state index is 14.9. The van der Waals surface area contributed by atoms with Gasteiger partial charge in [0.1, 0.15) is 0 Å². The van der Waals surface area contributed by atoms with Crippen LogP contribution < -0.4 is 21.2 Å². The normalized spacial score (nSPS) is 54.2. The van der Waals surface area contributed by atoms with Crippen LogP contribution in [-0.2, 0) is 6.51 Å². The first kappa shape index (κ1) is 23.9. The van der Waals surface area contributed by atoms with Gasteiger partial charge in [-0.1, -0.05) is 0 Å². The van der Waals surface area contributed by atoms with Crippen LogP contribution in [-0.4, -0.2) is 8.11 Å². The Bertz CT molecular complexity index is 2280. The molecule has 0 saturated carbocycles. The Kier molecular flexibility index (Phi) is 2.09. The van der Waals surface area contributed by atoms with E-state index < -0.39 is 68.9 Å². The summed E-state index contributed by atoms with van der Waals surface area (Å²) in [6.45, 7) is -5.00. The predicted octanol–water partition coefficient (Wildman–Crippen LogP) is 8.57. The van der Waals surface area contributed by atoms with Crippen molar-refractivity contribution >= 4 is 37.1 Å². The van der Waals surface area contributed by atoms with E-state index in [2.05, 4.69) is 0 Å². The number of halogens is 8. The van der Waals surface area contributed by atoms with Gasteiger partial charge in [-0.05, 0) is 0 Å². The SMILES string of the molecule is Fc1cc(F)cc(P(c2cc(F)cc(F)c2)[C]23[CH]4[CH]5[CH]6[CH]2[Fe]56432789[CH]3[CH]2[CH]7[C]8(P(c2cc(F)cc(F)c2)c2cc(F)cc(F)c2)[CH]39)c1. The zero-order valence-electron chi connectivity index (χ0n) is 22.8. The quantitative estimate of drug-likeness (QED) is 0.108. The molecule has 0 amide bonds. The van der Waals surface area contributed by atoms with Gasteiger partial charge in [-0.2, -0.15) is 0 Å². The number of hydrogen-bond donors (Lipinski definition) is 0. The third kappa shape index (κ3) is 0.732. The first-order chi connectivity index (χ1) is 21.3. The van der Waals surface area contributed by atoms with Crippen LogP contribution in [0.3, 0.4) is 0 Å². The van der Waals surface area contributed by atoms with E-state index in [0.29, 0.717) is 59.7 Å². The van der Waals surface area contributed by atoms with Gasteiger partial charge in [0, 0.05) is 0 Å². The van der Waals surface area contributed by atoms with Gasteiger partial charge in [0.2, 0.25) is 0 Å². The molecule has 14 rings (SSSR count). The monoisotopic (exact) mass is 698 g/mol. The molecule has 0 radical (unpaired) electrons. The van der Waals surface area contributed by atoms with Gasteiger partial charge in [-0.15, -0.1) is 0 Å². The molecule has 8 atom stereocenters. The Labute approximate surface area is 244 Å². The van der Waals surface area contributed by atoms with Crippen LogP contribution in [0.15, 0.2) is 72.8 Å². The van der Waals surface area contributed by atoms with Crippen molar-refractivity contribution in [3.05, 3.63) is 119 Å². The first-order valence-corrected chi connectivity index (χ1v) is 23.8. The van der Waals surface area contributed by atoms with E-state index in [1.54, 1.807) is 0 Å². The fourth-order valence-electron chi connectivity index (χ4n) is 21.3. The molecule has 230 valence electrons. The molecule has 8 unspecified atom stereocenters. The molecule has 10 heterocycles. The van der Waals surface area contributed by atoms with Crippen molar-refractivity contribution in [2.24, 2.45) is 0 Å². The molecule has 45 heavy (non-hydrogen) atoms. The first-order valence-electron chi connectivity index (χ1n) is 14.9. The Morgan fingerprint density at radius 1 is 0.356 bits per heavy atom. The summed E-state index contributed by atoms with van der Waals surface area (Å²) in [7, 11) is -3.20. The van der Waals surface area contributed by atoms with Gasteiger partial charge >= 0.3 is 245 Å². The molecule has 0 nitrogen and oxygen atoms in total. The Morgan fingerprint density at radius 2 is 0.556 bits per heavy atom. The zero-order chi connectivity index (χ0) is 30.5. The summed E-state index contributed by atoms with van der Waals surface area (Å²) in [5.74, 6) is -5.97. The van der Waals surface area contributed by atoms with E-state index >= 15 is 0 Å². The van der Waals surface area contributed by atoms with Gasteiger partial charge in [0.05, 0.1) is 0 Å². The average Bonchev–Trinajstić information content (AvgIpc) is 3.87. The number of benzene rings is 4. The fourth-order valence-corrected chi connectivity index (χ4v) is 126. The summed E-state index contributed by atoms with van der Waals surface area (Å²) >= 11 is 0. The summed E-state index contributed by atoms with van der Waals surface area (Å²) in [6.07, 6.45) is 0. The van der Waals surface area contributed by atoms with E-state index in [1.165, 1.54) is 48.5 Å². The van der Waals surface area contributed by atoms with E-state index in [-0.39, 0.29) is 8.11 Å². The molecule has 0 bridgehead atoms. The minimum atomic E-state index is -5.00. The molecule has 0 N–H and O–H groups in total. The maximum absolute atomic E-state index is 14.9. The van der Waals surface area contributed by atoms with Gasteiger partial charge in [-0.3, -0.25) is 0 Å². The summed E-state index contributed by atoms with van der Waals surface area (Å²) in [5.41, 5.74) is 0. The molecule has 11 heteroatoms. The second kappa shape index (κ2) is 3.92. The topological polar surface area (TPSA) is 0 Å². The van der Waals surface area contributed by atoms with Gasteiger partial charge in [0.15, 0.2) is 0 Å². The van der Waals surface area contributed by atoms with Gasteiger partial charge in [0.25, 0.3) is 0 Å². The standard InChI is InChI=1S/2C17H10F4P.Fe/c2*18-11-5-12(19)8-16(7-11)22(15-3-1-2-4-15)17-9-13(20)6-14(21)10-17;/h2*1-10H;. The molecule has 4 aromatic rings. The summed E-state index contributed by atoms with van der Waals surface area (Å²) < 4.78 is 119. The average molecular weight is 698 g/mol. The molecule has 10 aliphatic heterocycles.